The van der Waals surface area contributed by atoms with Crippen LogP contribution in [-0.4, -0.2) is 5.75 Å². The van der Waals surface area contributed by atoms with Crippen LogP contribution in [0.15, 0.2) is 0 Å². The Morgan fingerprint density at radius 3 is 2.75 bits per heavy atom. The van der Waals surface area contributed by atoms with Crippen molar-refractivity contribution in [1.29, 1.82) is 0 Å². The van der Waals surface area contributed by atoms with Crippen molar-refractivity contribution in [3.8, 4) is 0 Å². The summed E-state index contributed by atoms with van der Waals surface area (Å²) in [5.74, 6) is 0.995. The third-order valence-electron chi connectivity index (χ3n) is 0.846. The molecule has 0 radical (unpaired) electrons. The van der Waals surface area contributed by atoms with Gasteiger partial charge in [-0.25, -0.2) is 0 Å². The second-order valence-corrected chi connectivity index (χ2v) is 6.26. The molecular formula is C4H12NOSV. The zero-order valence-electron chi connectivity index (χ0n) is 5.00. The monoisotopic (exact) mass is 173 g/mol. The Balaban J connectivity index is 2.98. The summed E-state index contributed by atoms with van der Waals surface area (Å²) < 4.78 is 10.1. The van der Waals surface area contributed by atoms with Gasteiger partial charge in [0.2, 0.25) is 0 Å². The van der Waals surface area contributed by atoms with Crippen LogP contribution in [0.5, 0.6) is 0 Å². The average molecular weight is 173 g/mol. The summed E-state index contributed by atoms with van der Waals surface area (Å²) in [6.07, 6.45) is 2.30. The van der Waals surface area contributed by atoms with Gasteiger partial charge in [0.15, 0.2) is 0 Å². The first-order valence-electron chi connectivity index (χ1n) is 2.66. The minimum atomic E-state index is -0.755. The first-order chi connectivity index (χ1) is 3.81. The maximum atomic E-state index is 10.1. The van der Waals surface area contributed by atoms with E-state index in [2.05, 4.69) is 6.92 Å². The van der Waals surface area contributed by atoms with Crippen molar-refractivity contribution in [3.05, 3.63) is 0 Å². The third-order valence-corrected chi connectivity index (χ3v) is 3.75. The number of unbranched alkanes of at least 4 members (excludes halogenated alkanes) is 1. The molecule has 0 bridgehead atoms. The van der Waals surface area contributed by atoms with E-state index in [4.69, 9.17) is 5.14 Å². The van der Waals surface area contributed by atoms with Crippen LogP contribution in [0, 0.1) is 0 Å². The van der Waals surface area contributed by atoms with Crippen LogP contribution < -0.4 is 5.14 Å². The Labute approximate surface area is 58.9 Å². The van der Waals surface area contributed by atoms with E-state index in [1.807, 2.05) is 0 Å². The molecule has 1 atom stereocenters. The maximum absolute atomic E-state index is 10.1. The molecule has 0 aromatic heterocycles. The topological polar surface area (TPSA) is 43.1 Å². The molecule has 0 rings (SSSR count). The van der Waals surface area contributed by atoms with E-state index in [0.29, 0.717) is 0 Å². The Morgan fingerprint density at radius 1 is 1.75 bits per heavy atom. The molecule has 0 aliphatic heterocycles. The molecule has 0 aromatic carbocycles. The molecule has 2 N–H and O–H groups in total. The van der Waals surface area contributed by atoms with Crippen molar-refractivity contribution in [2.75, 3.05) is 5.75 Å². The van der Waals surface area contributed by atoms with E-state index < -0.39 is 24.3 Å². The predicted octanol–water partition coefficient (Wildman–Crippen LogP) is 1.00. The zero-order chi connectivity index (χ0) is 6.41. The van der Waals surface area contributed by atoms with Crippen molar-refractivity contribution in [1.82, 2.24) is 0 Å². The van der Waals surface area contributed by atoms with Crippen molar-refractivity contribution in [3.63, 3.8) is 0 Å². The van der Waals surface area contributed by atoms with Crippen molar-refractivity contribution in [2.24, 2.45) is 5.14 Å². The quantitative estimate of drug-likeness (QED) is 0.623. The second kappa shape index (κ2) is 5.82. The first-order valence-corrected chi connectivity index (χ1v) is 6.66. The van der Waals surface area contributed by atoms with Gasteiger partial charge in [-0.3, -0.25) is 0 Å². The average Bonchev–Trinajstić information content (AvgIpc) is 1.83. The molecule has 8 heavy (non-hydrogen) atoms. The Hall–Kier alpha value is 0.694. The first kappa shape index (κ1) is 8.69. The van der Waals surface area contributed by atoms with Crippen LogP contribution in [0.3, 0.4) is 0 Å². The second-order valence-electron chi connectivity index (χ2n) is 1.60. The number of hydrogen-bond donors (Lipinski definition) is 2. The molecule has 0 saturated heterocycles. The summed E-state index contributed by atoms with van der Waals surface area (Å²) in [6, 6.07) is 0. The normalized spacial score (nSPS) is 15.5. The summed E-state index contributed by atoms with van der Waals surface area (Å²) in [4.78, 5) is 0. The van der Waals surface area contributed by atoms with E-state index in [9.17, 15) is 3.67 Å². The van der Waals surface area contributed by atoms with Gasteiger partial charge < -0.3 is 0 Å². The molecule has 0 fully saturated rings. The Morgan fingerprint density at radius 2 is 2.38 bits per heavy atom. The fraction of sp³-hybridized carbons (Fsp3) is 1.00. The number of hydrogen-bond acceptors (Lipinski definition) is 2. The van der Waals surface area contributed by atoms with E-state index in [1.165, 1.54) is 0 Å². The molecule has 50 valence electrons. The van der Waals surface area contributed by atoms with Crippen LogP contribution in [0.25, 0.3) is 0 Å². The van der Waals surface area contributed by atoms with E-state index >= 15 is 0 Å². The Kier molecular flexibility index (Phi) is 6.33. The van der Waals surface area contributed by atoms with E-state index in [1.54, 1.807) is 0 Å². The predicted molar refractivity (Wildman–Crippen MR) is 33.6 cm³/mol. The van der Waals surface area contributed by atoms with Gasteiger partial charge in [-0.1, -0.05) is 0 Å². The summed E-state index contributed by atoms with van der Waals surface area (Å²) in [6.45, 7) is 2.12. The van der Waals surface area contributed by atoms with Gasteiger partial charge in [-0.15, -0.1) is 0 Å². The molecular weight excluding hydrogens is 161 g/mol. The van der Waals surface area contributed by atoms with Gasteiger partial charge in [0.05, 0.1) is 0 Å². The number of rotatable bonds is 4. The molecule has 0 aliphatic rings. The minimum absolute atomic E-state index is 0.546. The standard InChI is InChI=1S/C4H11NS.O.V/c1-2-3-4-6-5;;/h2-5H2,1H3;;/q;;-1/p+1. The van der Waals surface area contributed by atoms with Gasteiger partial charge in [0.25, 0.3) is 0 Å². The summed E-state index contributed by atoms with van der Waals surface area (Å²) in [5, 5.41) is 5.45. The SMILES string of the molecule is CCCC[SH](N)[V]=[O]. The fourth-order valence-corrected chi connectivity index (χ4v) is 2.13. The fourth-order valence-electron chi connectivity index (χ4n) is 0.361. The van der Waals surface area contributed by atoms with Gasteiger partial charge in [0.1, 0.15) is 0 Å². The molecule has 0 saturated carbocycles. The summed E-state index contributed by atoms with van der Waals surface area (Å²) in [5.41, 5.74) is 0. The molecule has 0 aromatic rings. The van der Waals surface area contributed by atoms with Gasteiger partial charge in [0, 0.05) is 0 Å². The van der Waals surface area contributed by atoms with Crippen LogP contribution in [0.1, 0.15) is 19.8 Å². The van der Waals surface area contributed by atoms with E-state index in [0.717, 1.165) is 18.6 Å². The molecule has 1 unspecified atom stereocenters. The Bertz CT molecular complexity index is 71.1. The molecule has 0 amide bonds. The molecule has 0 heterocycles. The summed E-state index contributed by atoms with van der Waals surface area (Å²) in [7, 11) is -0.546. The van der Waals surface area contributed by atoms with Crippen LogP contribution >= 0.6 is 9.24 Å². The number of nitrogens with two attached hydrogens (primary N) is 1. The molecule has 0 aliphatic carbocycles. The number of thiol groups is 1. The summed E-state index contributed by atoms with van der Waals surface area (Å²) >= 11 is -0.755. The molecule has 2 nitrogen and oxygen atoms in total. The molecule has 0 spiro atoms. The van der Waals surface area contributed by atoms with Gasteiger partial charge in [-0.2, -0.15) is 0 Å². The van der Waals surface area contributed by atoms with Crippen LogP contribution in [-0.2, 0) is 18.7 Å². The van der Waals surface area contributed by atoms with Gasteiger partial charge >= 0.3 is 58.6 Å². The van der Waals surface area contributed by atoms with Crippen LogP contribution in [0.2, 0.25) is 0 Å². The zero-order valence-corrected chi connectivity index (χ0v) is 7.29. The molecule has 4 heteroatoms. The van der Waals surface area contributed by atoms with Crippen molar-refractivity contribution >= 4 is 9.24 Å². The van der Waals surface area contributed by atoms with Gasteiger partial charge in [-0.05, 0) is 0 Å². The van der Waals surface area contributed by atoms with Crippen molar-refractivity contribution in [2.45, 2.75) is 19.8 Å². The third kappa shape index (κ3) is 4.84. The van der Waals surface area contributed by atoms with Crippen LogP contribution in [0.4, 0.5) is 0 Å². The van der Waals surface area contributed by atoms with E-state index in [-0.39, 0.29) is 0 Å². The van der Waals surface area contributed by atoms with Crippen molar-refractivity contribution < 1.29 is 18.7 Å².